The van der Waals surface area contributed by atoms with E-state index in [1.807, 2.05) is 12.1 Å². The van der Waals surface area contributed by atoms with E-state index in [0.717, 1.165) is 4.47 Å². The topological polar surface area (TPSA) is 84.7 Å². The second kappa shape index (κ2) is 6.03. The number of nitrogens with zero attached hydrogens (tertiary/aromatic N) is 1. The standard InChI is InChI=1S/C12H14BrN3O3/c13-8-1-3-9(4-2-8)15-12(18)16-5-6-19-10(7-16)11(14)17/h1-4,10H,5-7H2,(H2,14,17)(H,15,18)/t10-/m0/s1. The van der Waals surface area contributed by atoms with Crippen molar-refractivity contribution < 1.29 is 14.3 Å². The number of morpholine rings is 1. The number of benzene rings is 1. The van der Waals surface area contributed by atoms with Crippen molar-refractivity contribution >= 4 is 33.6 Å². The number of hydrogen-bond donors (Lipinski definition) is 2. The highest BCUT2D eigenvalue weighted by Crippen LogP contribution is 2.15. The maximum atomic E-state index is 12.0. The molecule has 1 aliphatic heterocycles. The number of carbonyl (C=O) groups is 2. The lowest BCUT2D eigenvalue weighted by Gasteiger charge is -2.31. The average Bonchev–Trinajstić information content (AvgIpc) is 2.41. The molecule has 1 atom stereocenters. The summed E-state index contributed by atoms with van der Waals surface area (Å²) >= 11 is 3.32. The van der Waals surface area contributed by atoms with Crippen LogP contribution in [-0.4, -0.2) is 42.6 Å². The Morgan fingerprint density at radius 1 is 1.37 bits per heavy atom. The number of ether oxygens (including phenoxy) is 1. The van der Waals surface area contributed by atoms with E-state index in [1.165, 1.54) is 4.90 Å². The van der Waals surface area contributed by atoms with Crippen LogP contribution >= 0.6 is 15.9 Å². The zero-order valence-corrected chi connectivity index (χ0v) is 11.7. The number of nitrogens with two attached hydrogens (primary N) is 1. The summed E-state index contributed by atoms with van der Waals surface area (Å²) < 4.78 is 6.12. The van der Waals surface area contributed by atoms with Crippen LogP contribution in [0.1, 0.15) is 0 Å². The fourth-order valence-corrected chi connectivity index (χ4v) is 2.01. The van der Waals surface area contributed by atoms with Gasteiger partial charge in [-0.15, -0.1) is 0 Å². The van der Waals surface area contributed by atoms with Crippen molar-refractivity contribution in [1.82, 2.24) is 4.90 Å². The number of primary amides is 1. The Labute approximate surface area is 119 Å². The van der Waals surface area contributed by atoms with Crippen LogP contribution in [0.25, 0.3) is 0 Å². The van der Waals surface area contributed by atoms with E-state index >= 15 is 0 Å². The van der Waals surface area contributed by atoms with E-state index in [1.54, 1.807) is 12.1 Å². The molecule has 1 heterocycles. The van der Waals surface area contributed by atoms with Gasteiger partial charge in [0.25, 0.3) is 0 Å². The first-order valence-corrected chi connectivity index (χ1v) is 6.58. The molecule has 2 rings (SSSR count). The van der Waals surface area contributed by atoms with Crippen molar-refractivity contribution in [3.05, 3.63) is 28.7 Å². The summed E-state index contributed by atoms with van der Waals surface area (Å²) in [6.45, 7) is 0.922. The first-order valence-electron chi connectivity index (χ1n) is 5.78. The van der Waals surface area contributed by atoms with Crippen LogP contribution in [0.15, 0.2) is 28.7 Å². The molecule has 0 saturated carbocycles. The maximum absolute atomic E-state index is 12.0. The third-order valence-corrected chi connectivity index (χ3v) is 3.30. The molecular weight excluding hydrogens is 314 g/mol. The molecule has 0 aliphatic carbocycles. The largest absolute Gasteiger partial charge is 0.367 e. The Balaban J connectivity index is 1.96. The molecule has 0 bridgehead atoms. The summed E-state index contributed by atoms with van der Waals surface area (Å²) in [5.74, 6) is -0.554. The number of urea groups is 1. The van der Waals surface area contributed by atoms with Crippen molar-refractivity contribution in [1.29, 1.82) is 0 Å². The zero-order chi connectivity index (χ0) is 13.8. The molecule has 1 fully saturated rings. The van der Waals surface area contributed by atoms with Gasteiger partial charge in [-0.1, -0.05) is 15.9 Å². The number of rotatable bonds is 2. The van der Waals surface area contributed by atoms with Crippen LogP contribution in [-0.2, 0) is 9.53 Å². The highest BCUT2D eigenvalue weighted by molar-refractivity contribution is 9.10. The summed E-state index contributed by atoms with van der Waals surface area (Å²) in [4.78, 5) is 24.6. The van der Waals surface area contributed by atoms with E-state index in [2.05, 4.69) is 21.2 Å². The van der Waals surface area contributed by atoms with Gasteiger partial charge in [0.1, 0.15) is 0 Å². The molecule has 1 aromatic carbocycles. The van der Waals surface area contributed by atoms with E-state index < -0.39 is 12.0 Å². The molecule has 1 aromatic rings. The number of hydrogen-bond acceptors (Lipinski definition) is 3. The van der Waals surface area contributed by atoms with Crippen LogP contribution < -0.4 is 11.1 Å². The molecule has 3 N–H and O–H groups in total. The van der Waals surface area contributed by atoms with Crippen LogP contribution in [0.5, 0.6) is 0 Å². The van der Waals surface area contributed by atoms with Gasteiger partial charge in [-0.2, -0.15) is 0 Å². The molecule has 102 valence electrons. The number of carbonyl (C=O) groups excluding carboxylic acids is 2. The van der Waals surface area contributed by atoms with Crippen LogP contribution in [0.2, 0.25) is 0 Å². The minimum atomic E-state index is -0.732. The predicted molar refractivity (Wildman–Crippen MR) is 73.7 cm³/mol. The van der Waals surface area contributed by atoms with E-state index in [9.17, 15) is 9.59 Å². The normalized spacial score (nSPS) is 19.0. The molecule has 0 spiro atoms. The molecule has 1 aliphatic rings. The highest BCUT2D eigenvalue weighted by Gasteiger charge is 2.27. The molecule has 0 unspecified atom stereocenters. The first-order chi connectivity index (χ1) is 9.06. The predicted octanol–water partition coefficient (Wildman–Crippen LogP) is 1.17. The van der Waals surface area contributed by atoms with Gasteiger partial charge < -0.3 is 20.7 Å². The Kier molecular flexibility index (Phi) is 4.39. The first kappa shape index (κ1) is 13.8. The average molecular weight is 328 g/mol. The van der Waals surface area contributed by atoms with Crippen LogP contribution in [0.3, 0.4) is 0 Å². The lowest BCUT2D eigenvalue weighted by atomic mass is 10.2. The molecule has 19 heavy (non-hydrogen) atoms. The summed E-state index contributed by atoms with van der Waals surface area (Å²) in [5.41, 5.74) is 5.86. The van der Waals surface area contributed by atoms with Crippen molar-refractivity contribution in [2.75, 3.05) is 25.0 Å². The van der Waals surface area contributed by atoms with Gasteiger partial charge in [-0.3, -0.25) is 4.79 Å². The van der Waals surface area contributed by atoms with Gasteiger partial charge in [-0.05, 0) is 24.3 Å². The SMILES string of the molecule is NC(=O)[C@@H]1CN(C(=O)Nc2ccc(Br)cc2)CCO1. The van der Waals surface area contributed by atoms with Crippen molar-refractivity contribution in [2.45, 2.75) is 6.10 Å². The molecule has 3 amide bonds. The second-order valence-electron chi connectivity index (χ2n) is 4.14. The van der Waals surface area contributed by atoms with Crippen LogP contribution in [0.4, 0.5) is 10.5 Å². The molecule has 7 heteroatoms. The highest BCUT2D eigenvalue weighted by atomic mass is 79.9. The Bertz CT molecular complexity index is 478. The quantitative estimate of drug-likeness (QED) is 0.855. The zero-order valence-electron chi connectivity index (χ0n) is 10.1. The number of nitrogens with one attached hydrogen (secondary N) is 1. The van der Waals surface area contributed by atoms with Crippen molar-refractivity contribution in [2.24, 2.45) is 5.73 Å². The monoisotopic (exact) mass is 327 g/mol. The Hall–Kier alpha value is -1.60. The number of amides is 3. The lowest BCUT2D eigenvalue weighted by molar-refractivity contribution is -0.133. The molecule has 1 saturated heterocycles. The van der Waals surface area contributed by atoms with E-state index in [4.69, 9.17) is 10.5 Å². The van der Waals surface area contributed by atoms with Crippen molar-refractivity contribution in [3.63, 3.8) is 0 Å². The summed E-state index contributed by atoms with van der Waals surface area (Å²) in [6, 6.07) is 6.97. The molecular formula is C12H14BrN3O3. The van der Waals surface area contributed by atoms with Gasteiger partial charge in [0.05, 0.1) is 13.2 Å². The maximum Gasteiger partial charge on any atom is 0.322 e. The number of halogens is 1. The smallest absolute Gasteiger partial charge is 0.322 e. The second-order valence-corrected chi connectivity index (χ2v) is 5.06. The summed E-state index contributed by atoms with van der Waals surface area (Å²) in [7, 11) is 0. The molecule has 6 nitrogen and oxygen atoms in total. The molecule has 0 radical (unpaired) electrons. The Morgan fingerprint density at radius 2 is 2.05 bits per heavy atom. The van der Waals surface area contributed by atoms with Crippen LogP contribution in [0, 0.1) is 0 Å². The number of anilines is 1. The summed E-state index contributed by atoms with van der Waals surface area (Å²) in [6.07, 6.45) is -0.732. The Morgan fingerprint density at radius 3 is 2.68 bits per heavy atom. The minimum absolute atomic E-state index is 0.178. The van der Waals surface area contributed by atoms with Crippen molar-refractivity contribution in [3.8, 4) is 0 Å². The van der Waals surface area contributed by atoms with E-state index in [-0.39, 0.29) is 12.6 Å². The lowest BCUT2D eigenvalue weighted by Crippen LogP contribution is -2.51. The fraction of sp³-hybridized carbons (Fsp3) is 0.333. The minimum Gasteiger partial charge on any atom is -0.367 e. The fourth-order valence-electron chi connectivity index (χ4n) is 1.74. The summed E-state index contributed by atoms with van der Waals surface area (Å²) in [5, 5.41) is 2.76. The van der Waals surface area contributed by atoms with Gasteiger partial charge in [0.2, 0.25) is 5.91 Å². The molecule has 0 aromatic heterocycles. The van der Waals surface area contributed by atoms with Gasteiger partial charge in [0.15, 0.2) is 6.10 Å². The van der Waals surface area contributed by atoms with Gasteiger partial charge in [0, 0.05) is 16.7 Å². The van der Waals surface area contributed by atoms with Gasteiger partial charge >= 0.3 is 6.03 Å². The third-order valence-electron chi connectivity index (χ3n) is 2.77. The van der Waals surface area contributed by atoms with Gasteiger partial charge in [-0.25, -0.2) is 4.79 Å². The third kappa shape index (κ3) is 3.68. The van der Waals surface area contributed by atoms with E-state index in [0.29, 0.717) is 18.8 Å².